The van der Waals surface area contributed by atoms with E-state index in [9.17, 15) is 4.79 Å². The molecular weight excluding hydrogens is 223 g/mol. The molecule has 3 nitrogen and oxygen atoms in total. The van der Waals surface area contributed by atoms with Gasteiger partial charge >= 0.3 is 0 Å². The molecular formula is C9H8Cl2N2O. The lowest BCUT2D eigenvalue weighted by atomic mass is 9.87. The molecule has 5 heteroatoms. The number of nitrogens with one attached hydrogen (secondary N) is 1. The van der Waals surface area contributed by atoms with Gasteiger partial charge in [0.2, 0.25) is 5.91 Å². The second kappa shape index (κ2) is 2.84. The summed E-state index contributed by atoms with van der Waals surface area (Å²) < 4.78 is 0. The fourth-order valence-corrected chi connectivity index (χ4v) is 2.09. The molecule has 0 bridgehead atoms. The predicted molar refractivity (Wildman–Crippen MR) is 55.9 cm³/mol. The average molecular weight is 231 g/mol. The maximum atomic E-state index is 11.6. The number of anilines is 1. The fraction of sp³-hybridized carbons (Fsp3) is 0.333. The molecule has 1 aromatic rings. The van der Waals surface area contributed by atoms with Crippen LogP contribution >= 0.6 is 23.2 Å². The molecule has 0 saturated heterocycles. The number of halogens is 2. The van der Waals surface area contributed by atoms with Crippen LogP contribution in [0.2, 0.25) is 10.2 Å². The second-order valence-corrected chi connectivity index (χ2v) is 4.47. The smallest absolute Gasteiger partial charge is 0.234 e. The molecule has 1 aliphatic heterocycles. The Morgan fingerprint density at radius 1 is 1.43 bits per heavy atom. The monoisotopic (exact) mass is 230 g/mol. The van der Waals surface area contributed by atoms with Gasteiger partial charge in [-0.3, -0.25) is 4.79 Å². The van der Waals surface area contributed by atoms with Gasteiger partial charge < -0.3 is 5.32 Å². The fourth-order valence-electron chi connectivity index (χ4n) is 1.56. The molecule has 1 N–H and O–H groups in total. The molecule has 2 heterocycles. The number of aromatic nitrogens is 1. The Morgan fingerprint density at radius 2 is 2.07 bits per heavy atom. The second-order valence-electron chi connectivity index (χ2n) is 3.73. The molecule has 0 aliphatic carbocycles. The summed E-state index contributed by atoms with van der Waals surface area (Å²) >= 11 is 11.8. The summed E-state index contributed by atoms with van der Waals surface area (Å²) in [6.45, 7) is 3.60. The van der Waals surface area contributed by atoms with E-state index >= 15 is 0 Å². The first kappa shape index (κ1) is 9.74. The Kier molecular flexibility index (Phi) is 1.98. The zero-order valence-corrected chi connectivity index (χ0v) is 9.20. The molecule has 2 rings (SSSR count). The van der Waals surface area contributed by atoms with E-state index in [1.54, 1.807) is 13.8 Å². The van der Waals surface area contributed by atoms with E-state index in [1.165, 1.54) is 6.20 Å². The number of fused-ring (bicyclic) bond motifs is 1. The molecule has 1 aliphatic rings. The lowest BCUT2D eigenvalue weighted by molar-refractivity contribution is -0.119. The van der Waals surface area contributed by atoms with Gasteiger partial charge in [0, 0.05) is 5.56 Å². The number of rotatable bonds is 0. The highest BCUT2D eigenvalue weighted by molar-refractivity contribution is 6.42. The predicted octanol–water partition coefficient (Wildman–Crippen LogP) is 2.62. The summed E-state index contributed by atoms with van der Waals surface area (Å²) in [5.41, 5.74) is 0.734. The normalized spacial score (nSPS) is 17.9. The summed E-state index contributed by atoms with van der Waals surface area (Å²) in [7, 11) is 0. The van der Waals surface area contributed by atoms with Crippen molar-refractivity contribution in [2.75, 3.05) is 5.32 Å². The Bertz CT molecular complexity index is 429. The first-order chi connectivity index (χ1) is 6.44. The van der Waals surface area contributed by atoms with Crippen LogP contribution in [0.1, 0.15) is 19.4 Å². The van der Waals surface area contributed by atoms with E-state index in [-0.39, 0.29) is 11.1 Å². The molecule has 14 heavy (non-hydrogen) atoms. The lowest BCUT2D eigenvalue weighted by Gasteiger charge is -2.16. The Labute approximate surface area is 91.4 Å². The maximum absolute atomic E-state index is 11.6. The van der Waals surface area contributed by atoms with E-state index < -0.39 is 5.41 Å². The van der Waals surface area contributed by atoms with Gasteiger partial charge in [0.05, 0.1) is 22.3 Å². The van der Waals surface area contributed by atoms with Crippen molar-refractivity contribution in [3.63, 3.8) is 0 Å². The summed E-state index contributed by atoms with van der Waals surface area (Å²) in [6.07, 6.45) is 1.52. The van der Waals surface area contributed by atoms with Crippen LogP contribution in [0.15, 0.2) is 6.20 Å². The highest BCUT2D eigenvalue weighted by Gasteiger charge is 2.41. The molecule has 74 valence electrons. The van der Waals surface area contributed by atoms with Crippen molar-refractivity contribution in [3.8, 4) is 0 Å². The highest BCUT2D eigenvalue weighted by atomic mass is 35.5. The maximum Gasteiger partial charge on any atom is 0.234 e. The number of pyridine rings is 1. The molecule has 0 aromatic carbocycles. The van der Waals surface area contributed by atoms with Crippen LogP contribution in [0.3, 0.4) is 0 Å². The van der Waals surface area contributed by atoms with Gasteiger partial charge in [-0.05, 0) is 13.8 Å². The lowest BCUT2D eigenvalue weighted by Crippen LogP contribution is -2.27. The van der Waals surface area contributed by atoms with Gasteiger partial charge in [0.25, 0.3) is 0 Å². The van der Waals surface area contributed by atoms with Crippen molar-refractivity contribution in [1.29, 1.82) is 0 Å². The minimum atomic E-state index is -0.640. The zero-order valence-electron chi connectivity index (χ0n) is 7.69. The van der Waals surface area contributed by atoms with Crippen molar-refractivity contribution in [3.05, 3.63) is 21.9 Å². The number of carbonyl (C=O) groups excluding carboxylic acids is 1. The zero-order chi connectivity index (χ0) is 10.5. The summed E-state index contributed by atoms with van der Waals surface area (Å²) in [5.74, 6) is -0.0848. The Balaban J connectivity index is 2.74. The molecule has 1 aromatic heterocycles. The third kappa shape index (κ3) is 1.12. The van der Waals surface area contributed by atoms with Crippen LogP contribution in [0, 0.1) is 0 Å². The molecule has 0 radical (unpaired) electrons. The number of hydrogen-bond acceptors (Lipinski definition) is 2. The average Bonchev–Trinajstić information content (AvgIpc) is 2.32. The Hall–Kier alpha value is -0.800. The van der Waals surface area contributed by atoms with Gasteiger partial charge in [-0.1, -0.05) is 23.2 Å². The number of hydrogen-bond donors (Lipinski definition) is 1. The standard InChI is InChI=1S/C9H8Cl2N2O/c1-9(2)5-4(13-8(9)14)3-12-7(11)6(5)10/h3H,1-2H3,(H,13,14). The SMILES string of the molecule is CC1(C)C(=O)Nc2cnc(Cl)c(Cl)c21. The van der Waals surface area contributed by atoms with E-state index in [0.717, 1.165) is 5.56 Å². The topological polar surface area (TPSA) is 42.0 Å². The van der Waals surface area contributed by atoms with Crippen LogP contribution in [0.5, 0.6) is 0 Å². The minimum absolute atomic E-state index is 0.0848. The van der Waals surface area contributed by atoms with Gasteiger partial charge in [-0.2, -0.15) is 0 Å². The summed E-state index contributed by atoms with van der Waals surface area (Å²) in [4.78, 5) is 15.4. The summed E-state index contributed by atoms with van der Waals surface area (Å²) in [6, 6.07) is 0. The summed E-state index contributed by atoms with van der Waals surface area (Å²) in [5, 5.41) is 3.30. The third-order valence-electron chi connectivity index (χ3n) is 2.42. The molecule has 1 amide bonds. The van der Waals surface area contributed by atoms with Crippen LogP contribution in [0.25, 0.3) is 0 Å². The van der Waals surface area contributed by atoms with E-state index in [0.29, 0.717) is 10.7 Å². The van der Waals surface area contributed by atoms with Gasteiger partial charge in [0.1, 0.15) is 5.15 Å². The quantitative estimate of drug-likeness (QED) is 0.697. The molecule has 0 fully saturated rings. The van der Waals surface area contributed by atoms with Gasteiger partial charge in [-0.15, -0.1) is 0 Å². The molecule has 0 saturated carbocycles. The number of carbonyl (C=O) groups is 1. The van der Waals surface area contributed by atoms with Crippen LogP contribution in [0.4, 0.5) is 5.69 Å². The minimum Gasteiger partial charge on any atom is -0.324 e. The van der Waals surface area contributed by atoms with Crippen LogP contribution in [-0.4, -0.2) is 10.9 Å². The van der Waals surface area contributed by atoms with Gasteiger partial charge in [-0.25, -0.2) is 4.98 Å². The van der Waals surface area contributed by atoms with Crippen LogP contribution in [-0.2, 0) is 10.2 Å². The first-order valence-electron chi connectivity index (χ1n) is 4.10. The van der Waals surface area contributed by atoms with Crippen LogP contribution < -0.4 is 5.32 Å². The van der Waals surface area contributed by atoms with Crippen molar-refractivity contribution in [1.82, 2.24) is 4.98 Å². The molecule has 0 unspecified atom stereocenters. The van der Waals surface area contributed by atoms with E-state index in [1.807, 2.05) is 0 Å². The number of amides is 1. The first-order valence-corrected chi connectivity index (χ1v) is 4.86. The Morgan fingerprint density at radius 3 is 2.71 bits per heavy atom. The van der Waals surface area contributed by atoms with Crippen molar-refractivity contribution < 1.29 is 4.79 Å². The van der Waals surface area contributed by atoms with Crippen molar-refractivity contribution in [2.45, 2.75) is 19.3 Å². The third-order valence-corrected chi connectivity index (χ3v) is 3.17. The molecule has 0 spiro atoms. The van der Waals surface area contributed by atoms with Crippen molar-refractivity contribution in [2.24, 2.45) is 0 Å². The van der Waals surface area contributed by atoms with Gasteiger partial charge in [0.15, 0.2) is 0 Å². The number of nitrogens with zero attached hydrogens (tertiary/aromatic N) is 1. The van der Waals surface area contributed by atoms with E-state index in [2.05, 4.69) is 10.3 Å². The van der Waals surface area contributed by atoms with E-state index in [4.69, 9.17) is 23.2 Å². The largest absolute Gasteiger partial charge is 0.324 e. The molecule has 0 atom stereocenters. The van der Waals surface area contributed by atoms with Crippen molar-refractivity contribution >= 4 is 34.8 Å². The highest BCUT2D eigenvalue weighted by Crippen LogP contribution is 2.43.